The molecule has 0 fully saturated rings. The maximum atomic E-state index is 13.1. The number of aryl methyl sites for hydroxylation is 1. The number of carboxylic acid groups (broad SMARTS) is 1. The lowest BCUT2D eigenvalue weighted by Crippen LogP contribution is -2.36. The van der Waals surface area contributed by atoms with Crippen molar-refractivity contribution in [2.24, 2.45) is 5.73 Å². The molecule has 0 saturated heterocycles. The van der Waals surface area contributed by atoms with Gasteiger partial charge in [-0.05, 0) is 30.7 Å². The Labute approximate surface area is 99.8 Å². The minimum Gasteiger partial charge on any atom is -0.481 e. The van der Waals surface area contributed by atoms with Crippen molar-refractivity contribution in [2.75, 3.05) is 18.5 Å². The Morgan fingerprint density at radius 3 is 2.76 bits per heavy atom. The van der Waals surface area contributed by atoms with E-state index >= 15 is 0 Å². The lowest BCUT2D eigenvalue weighted by atomic mass is 10.1. The number of carbonyl (C=O) groups is 1. The molecule has 1 unspecified atom stereocenters. The van der Waals surface area contributed by atoms with Crippen LogP contribution in [0.25, 0.3) is 0 Å². The fourth-order valence-corrected chi connectivity index (χ4v) is 1.61. The van der Waals surface area contributed by atoms with Gasteiger partial charge in [0.05, 0.1) is 6.42 Å². The van der Waals surface area contributed by atoms with Gasteiger partial charge in [-0.3, -0.25) is 4.79 Å². The first-order valence-corrected chi connectivity index (χ1v) is 5.35. The lowest BCUT2D eigenvalue weighted by Gasteiger charge is -2.23. The van der Waals surface area contributed by atoms with Gasteiger partial charge in [0.15, 0.2) is 0 Å². The minimum absolute atomic E-state index is 0.0789. The van der Waals surface area contributed by atoms with E-state index in [0.717, 1.165) is 5.69 Å². The molecular formula is C12H17FN2O2. The fourth-order valence-electron chi connectivity index (χ4n) is 1.61. The van der Waals surface area contributed by atoms with Crippen LogP contribution in [-0.2, 0) is 4.79 Å². The number of nitrogens with two attached hydrogens (primary N) is 1. The molecule has 1 aromatic carbocycles. The summed E-state index contributed by atoms with van der Waals surface area (Å²) in [5.41, 5.74) is 7.06. The first kappa shape index (κ1) is 13.4. The highest BCUT2D eigenvalue weighted by Gasteiger charge is 2.12. The van der Waals surface area contributed by atoms with Crippen molar-refractivity contribution >= 4 is 11.7 Å². The van der Waals surface area contributed by atoms with Gasteiger partial charge in [-0.25, -0.2) is 4.39 Å². The van der Waals surface area contributed by atoms with E-state index in [-0.39, 0.29) is 12.2 Å². The summed E-state index contributed by atoms with van der Waals surface area (Å²) in [4.78, 5) is 12.3. The van der Waals surface area contributed by atoms with Crippen LogP contribution in [0.15, 0.2) is 18.2 Å². The van der Waals surface area contributed by atoms with Crippen LogP contribution in [0, 0.1) is 12.7 Å². The van der Waals surface area contributed by atoms with Crippen molar-refractivity contribution in [3.05, 3.63) is 29.6 Å². The van der Waals surface area contributed by atoms with Crippen LogP contribution in [-0.4, -0.2) is 30.7 Å². The molecule has 0 amide bonds. The average molecular weight is 240 g/mol. The number of carboxylic acids is 1. The summed E-state index contributed by atoms with van der Waals surface area (Å²) >= 11 is 0. The molecule has 94 valence electrons. The number of hydrogen-bond donors (Lipinski definition) is 2. The number of likely N-dealkylation sites (N-methyl/N-ethyl adjacent to an activating group) is 1. The summed E-state index contributed by atoms with van der Waals surface area (Å²) in [6.07, 6.45) is -0.0789. The molecule has 5 heteroatoms. The van der Waals surface area contributed by atoms with Gasteiger partial charge >= 0.3 is 5.97 Å². The van der Waals surface area contributed by atoms with Crippen LogP contribution in [0.4, 0.5) is 10.1 Å². The number of anilines is 1. The predicted octanol–water partition coefficient (Wildman–Crippen LogP) is 1.37. The molecule has 0 aromatic heterocycles. The predicted molar refractivity (Wildman–Crippen MR) is 64.6 cm³/mol. The Morgan fingerprint density at radius 1 is 1.59 bits per heavy atom. The zero-order chi connectivity index (χ0) is 13.0. The third kappa shape index (κ3) is 4.03. The van der Waals surface area contributed by atoms with E-state index in [0.29, 0.717) is 12.1 Å². The lowest BCUT2D eigenvalue weighted by molar-refractivity contribution is -0.137. The highest BCUT2D eigenvalue weighted by Crippen LogP contribution is 2.17. The number of benzene rings is 1. The Morgan fingerprint density at radius 2 is 2.24 bits per heavy atom. The van der Waals surface area contributed by atoms with Gasteiger partial charge in [0.2, 0.25) is 0 Å². The minimum atomic E-state index is -0.916. The van der Waals surface area contributed by atoms with Crippen LogP contribution >= 0.6 is 0 Å². The molecule has 0 aliphatic heterocycles. The second kappa shape index (κ2) is 5.63. The maximum Gasteiger partial charge on any atom is 0.304 e. The quantitative estimate of drug-likeness (QED) is 0.815. The largest absolute Gasteiger partial charge is 0.481 e. The molecule has 3 N–H and O–H groups in total. The summed E-state index contributed by atoms with van der Waals surface area (Å²) in [5, 5.41) is 8.60. The summed E-state index contributed by atoms with van der Waals surface area (Å²) in [5.74, 6) is -1.17. The van der Waals surface area contributed by atoms with Gasteiger partial charge in [0.1, 0.15) is 5.82 Å². The number of hydrogen-bond acceptors (Lipinski definition) is 3. The maximum absolute atomic E-state index is 13.1. The molecule has 17 heavy (non-hydrogen) atoms. The number of nitrogens with zero attached hydrogens (tertiary/aromatic N) is 1. The van der Waals surface area contributed by atoms with E-state index in [9.17, 15) is 9.18 Å². The first-order chi connectivity index (χ1) is 7.90. The van der Waals surface area contributed by atoms with Gasteiger partial charge in [0, 0.05) is 25.3 Å². The van der Waals surface area contributed by atoms with Crippen molar-refractivity contribution in [2.45, 2.75) is 19.4 Å². The monoisotopic (exact) mass is 240 g/mol. The number of aliphatic carboxylic acids is 1. The van der Waals surface area contributed by atoms with Gasteiger partial charge in [0.25, 0.3) is 0 Å². The Balaban J connectivity index is 2.66. The molecule has 0 bridgehead atoms. The molecule has 0 aliphatic carbocycles. The van der Waals surface area contributed by atoms with Gasteiger partial charge in [-0.1, -0.05) is 0 Å². The Hall–Kier alpha value is -1.62. The van der Waals surface area contributed by atoms with Crippen LogP contribution in [0.5, 0.6) is 0 Å². The van der Waals surface area contributed by atoms with Gasteiger partial charge < -0.3 is 15.7 Å². The van der Waals surface area contributed by atoms with E-state index in [4.69, 9.17) is 10.8 Å². The highest BCUT2D eigenvalue weighted by atomic mass is 19.1. The third-order valence-electron chi connectivity index (χ3n) is 2.53. The SMILES string of the molecule is Cc1cc(N(C)CC(N)CC(=O)O)ccc1F. The summed E-state index contributed by atoms with van der Waals surface area (Å²) in [6, 6.07) is 4.31. The molecular weight excluding hydrogens is 223 g/mol. The zero-order valence-electron chi connectivity index (χ0n) is 9.98. The molecule has 0 radical (unpaired) electrons. The average Bonchev–Trinajstić information content (AvgIpc) is 2.20. The van der Waals surface area contributed by atoms with E-state index in [1.165, 1.54) is 6.07 Å². The van der Waals surface area contributed by atoms with E-state index < -0.39 is 12.0 Å². The molecule has 0 saturated carbocycles. The molecule has 0 aliphatic rings. The standard InChI is InChI=1S/C12H17FN2O2/c1-8-5-10(3-4-11(8)13)15(2)7-9(14)6-12(16)17/h3-5,9H,6-7,14H2,1-2H3,(H,16,17). The van der Waals surface area contributed by atoms with Crippen molar-refractivity contribution in [1.82, 2.24) is 0 Å². The van der Waals surface area contributed by atoms with Gasteiger partial charge in [-0.15, -0.1) is 0 Å². The second-order valence-corrected chi connectivity index (χ2v) is 4.17. The second-order valence-electron chi connectivity index (χ2n) is 4.17. The molecule has 4 nitrogen and oxygen atoms in total. The fraction of sp³-hybridized carbons (Fsp3) is 0.417. The van der Waals surface area contributed by atoms with E-state index in [1.54, 1.807) is 26.1 Å². The first-order valence-electron chi connectivity index (χ1n) is 5.35. The van der Waals surface area contributed by atoms with Crippen molar-refractivity contribution < 1.29 is 14.3 Å². The van der Waals surface area contributed by atoms with Gasteiger partial charge in [-0.2, -0.15) is 0 Å². The summed E-state index contributed by atoms with van der Waals surface area (Å²) < 4.78 is 13.1. The summed E-state index contributed by atoms with van der Waals surface area (Å²) in [6.45, 7) is 2.10. The normalized spacial score (nSPS) is 12.2. The topological polar surface area (TPSA) is 66.6 Å². The third-order valence-corrected chi connectivity index (χ3v) is 2.53. The van der Waals surface area contributed by atoms with Crippen molar-refractivity contribution in [3.63, 3.8) is 0 Å². The van der Waals surface area contributed by atoms with Crippen LogP contribution in [0.3, 0.4) is 0 Å². The highest BCUT2D eigenvalue weighted by molar-refractivity contribution is 5.67. The van der Waals surface area contributed by atoms with Crippen LogP contribution in [0.2, 0.25) is 0 Å². The smallest absolute Gasteiger partial charge is 0.304 e. The Kier molecular flexibility index (Phi) is 4.45. The van der Waals surface area contributed by atoms with Crippen LogP contribution in [0.1, 0.15) is 12.0 Å². The van der Waals surface area contributed by atoms with E-state index in [2.05, 4.69) is 0 Å². The summed E-state index contributed by atoms with van der Waals surface area (Å²) in [7, 11) is 1.80. The number of halogens is 1. The number of rotatable bonds is 5. The molecule has 1 aromatic rings. The van der Waals surface area contributed by atoms with Crippen molar-refractivity contribution in [1.29, 1.82) is 0 Å². The Bertz CT molecular complexity index is 409. The van der Waals surface area contributed by atoms with Crippen LogP contribution < -0.4 is 10.6 Å². The van der Waals surface area contributed by atoms with Crippen molar-refractivity contribution in [3.8, 4) is 0 Å². The molecule has 1 rings (SSSR count). The molecule has 1 atom stereocenters. The molecule has 0 spiro atoms. The van der Waals surface area contributed by atoms with E-state index in [1.807, 2.05) is 4.90 Å². The molecule has 0 heterocycles. The zero-order valence-corrected chi connectivity index (χ0v) is 9.98.